The Bertz CT molecular complexity index is 3080. The first-order chi connectivity index (χ1) is 46.3. The Hall–Kier alpha value is -9.28. The molecule has 0 spiro atoms. The standard InChI is InChI=1S/C64H97N15O18S/c1-35(2)28-43(58(91)71-40(54(68)87)24-27-98-6)70-50(82)33-69-61(94)48(30-38-18-11-8-12-19-38)78(5)63(96)45(29-37-16-9-7-10-17-37)75-57(90)42(22-23-49(67)81)72-59(92)44(32-52(85)86)74-60(93)46(34-80)76-56(89)41(20-13-14-25-65)73-62(95)47-21-15-26-79(47)64(97)53(36(3)4)77-55(88)39(66)31-51(83)84/h7-12,16-19,35-36,39-48,53,80H,13-15,20-34,65-66H2,1-6H3,(H2,67,81)(H2,68,87)(H,69,94)(H,70,82)(H,71,91)(H,72,92)(H,73,95)(H,74,93)(H,75,90)(H,76,89)(H,77,88)(H,83,84)(H,85,86)/t39-,40-,41-,42-,43-,44-,45-,46-,47-,48-,53-/m0/s1. The van der Waals surface area contributed by atoms with E-state index in [1.165, 1.54) is 23.7 Å². The van der Waals surface area contributed by atoms with Crippen molar-refractivity contribution in [3.63, 3.8) is 0 Å². The smallest absolute Gasteiger partial charge is 0.305 e. The summed E-state index contributed by atoms with van der Waals surface area (Å²) in [6.45, 7) is 5.21. The van der Waals surface area contributed by atoms with E-state index in [-0.39, 0.29) is 64.0 Å². The maximum Gasteiger partial charge on any atom is 0.305 e. The highest BCUT2D eigenvalue weighted by molar-refractivity contribution is 7.98. The molecule has 542 valence electrons. The Kier molecular flexibility index (Phi) is 35.9. The summed E-state index contributed by atoms with van der Waals surface area (Å²) >= 11 is 1.44. The van der Waals surface area contributed by atoms with Gasteiger partial charge in [-0.05, 0) is 92.9 Å². The summed E-state index contributed by atoms with van der Waals surface area (Å²) in [4.78, 5) is 204. The van der Waals surface area contributed by atoms with E-state index in [4.69, 9.17) is 28.0 Å². The third kappa shape index (κ3) is 28.4. The molecule has 33 nitrogen and oxygen atoms in total. The lowest BCUT2D eigenvalue weighted by atomic mass is 10.00. The van der Waals surface area contributed by atoms with Crippen LogP contribution in [0, 0.1) is 11.8 Å². The lowest BCUT2D eigenvalue weighted by molar-refractivity contribution is -0.144. The number of thioether (sulfide) groups is 1. The van der Waals surface area contributed by atoms with Crippen molar-refractivity contribution in [2.75, 3.05) is 45.3 Å². The van der Waals surface area contributed by atoms with Crippen LogP contribution in [0.3, 0.4) is 0 Å². The second-order valence-electron chi connectivity index (χ2n) is 24.6. The van der Waals surface area contributed by atoms with E-state index in [0.29, 0.717) is 29.7 Å². The SMILES string of the molecule is CSCC[C@H](NC(=O)[C@H](CC(C)C)NC(=O)CNC(=O)[C@H](Cc1ccccc1)N(C)C(=O)[C@H](Cc1ccccc1)NC(=O)[C@H](CCC(N)=O)NC(=O)[C@H](CC(=O)O)NC(=O)[C@H](CO)NC(=O)[C@H](CCCCN)NC(=O)[C@@H]1CCCN1C(=O)[C@@H](NC(=O)[C@@H](N)CC(=O)O)C(C)C)C(N)=O. The zero-order valence-corrected chi connectivity index (χ0v) is 56.9. The minimum Gasteiger partial charge on any atom is -0.481 e. The number of benzene rings is 2. The van der Waals surface area contributed by atoms with Crippen molar-refractivity contribution in [3.05, 3.63) is 71.8 Å². The summed E-state index contributed by atoms with van der Waals surface area (Å²) in [7, 11) is 1.27. The van der Waals surface area contributed by atoms with Crippen LogP contribution >= 0.6 is 11.8 Å². The molecule has 13 amide bonds. The number of carboxylic acids is 2. The minimum atomic E-state index is -2.08. The van der Waals surface area contributed by atoms with E-state index < -0.39 is 200 Å². The number of amides is 13. The average Bonchev–Trinajstić information content (AvgIpc) is 1.53. The summed E-state index contributed by atoms with van der Waals surface area (Å²) < 4.78 is 0. The molecule has 2 aromatic rings. The molecular weight excluding hydrogens is 1300 g/mol. The molecule has 1 fully saturated rings. The molecule has 0 unspecified atom stereocenters. The molecule has 1 saturated heterocycles. The van der Waals surface area contributed by atoms with Crippen molar-refractivity contribution >= 4 is 100 Å². The molecule has 0 aromatic heterocycles. The van der Waals surface area contributed by atoms with Crippen molar-refractivity contribution in [1.82, 2.24) is 57.7 Å². The van der Waals surface area contributed by atoms with Gasteiger partial charge in [0.1, 0.15) is 60.4 Å². The van der Waals surface area contributed by atoms with Gasteiger partial charge in [0.15, 0.2) is 0 Å². The molecule has 1 aliphatic rings. The van der Waals surface area contributed by atoms with Crippen LogP contribution in [-0.2, 0) is 84.8 Å². The third-order valence-electron chi connectivity index (χ3n) is 15.9. The minimum absolute atomic E-state index is 0.0552. The van der Waals surface area contributed by atoms with Crippen LogP contribution in [0.15, 0.2) is 60.7 Å². The van der Waals surface area contributed by atoms with Crippen LogP contribution in [0.1, 0.15) is 109 Å². The van der Waals surface area contributed by atoms with Gasteiger partial charge in [0, 0.05) is 32.9 Å². The third-order valence-corrected chi connectivity index (χ3v) is 16.5. The van der Waals surface area contributed by atoms with E-state index in [0.717, 1.165) is 4.90 Å². The first-order valence-corrected chi connectivity index (χ1v) is 33.6. The van der Waals surface area contributed by atoms with E-state index >= 15 is 0 Å². The molecule has 2 aromatic carbocycles. The van der Waals surface area contributed by atoms with E-state index in [2.05, 4.69) is 47.9 Å². The fourth-order valence-electron chi connectivity index (χ4n) is 10.5. The lowest BCUT2D eigenvalue weighted by Crippen LogP contribution is -2.61. The predicted molar refractivity (Wildman–Crippen MR) is 357 cm³/mol. The van der Waals surface area contributed by atoms with Gasteiger partial charge < -0.3 is 95.9 Å². The highest BCUT2D eigenvalue weighted by Crippen LogP contribution is 2.22. The normalized spacial score (nSPS) is 15.7. The van der Waals surface area contributed by atoms with Crippen LogP contribution in [0.5, 0.6) is 0 Å². The van der Waals surface area contributed by atoms with Gasteiger partial charge in [0.25, 0.3) is 0 Å². The molecule has 0 bridgehead atoms. The zero-order chi connectivity index (χ0) is 73.3. The molecular formula is C64H97N15O18S. The topological polar surface area (TPSA) is 536 Å². The Morgan fingerprint density at radius 2 is 1.14 bits per heavy atom. The Labute approximate surface area is 572 Å². The van der Waals surface area contributed by atoms with Gasteiger partial charge >= 0.3 is 11.9 Å². The fraction of sp³-hybridized carbons (Fsp3) is 0.578. The second kappa shape index (κ2) is 42.4. The highest BCUT2D eigenvalue weighted by Gasteiger charge is 2.42. The van der Waals surface area contributed by atoms with Gasteiger partial charge in [-0.3, -0.25) is 71.9 Å². The Balaban J connectivity index is 1.92. The second-order valence-corrected chi connectivity index (χ2v) is 25.5. The van der Waals surface area contributed by atoms with Crippen LogP contribution in [0.25, 0.3) is 0 Å². The lowest BCUT2D eigenvalue weighted by Gasteiger charge is -2.32. The maximum atomic E-state index is 15.0. The number of carbonyl (C=O) groups is 15. The summed E-state index contributed by atoms with van der Waals surface area (Å²) in [6, 6.07) is 0.367. The highest BCUT2D eigenvalue weighted by atomic mass is 32.2. The number of primary amides is 2. The van der Waals surface area contributed by atoms with Crippen molar-refractivity contribution in [2.45, 2.75) is 178 Å². The number of aliphatic carboxylic acids is 2. The summed E-state index contributed by atoms with van der Waals surface area (Å²) in [5.74, 6) is -15.4. The predicted octanol–water partition coefficient (Wildman–Crippen LogP) is -4.11. The molecule has 0 radical (unpaired) electrons. The number of unbranched alkanes of at least 4 members (excludes halogenated alkanes) is 1. The Morgan fingerprint density at radius 1 is 0.612 bits per heavy atom. The number of aliphatic hydroxyl groups is 1. The van der Waals surface area contributed by atoms with Crippen molar-refractivity contribution in [2.24, 2.45) is 34.8 Å². The molecule has 0 saturated carbocycles. The summed E-state index contributed by atoms with van der Waals surface area (Å²) in [5, 5.41) is 51.8. The number of nitrogens with two attached hydrogens (primary N) is 4. The largest absolute Gasteiger partial charge is 0.481 e. The molecule has 1 heterocycles. The first-order valence-electron chi connectivity index (χ1n) is 32.2. The zero-order valence-electron chi connectivity index (χ0n) is 56.1. The number of nitrogens with zero attached hydrogens (tertiary/aromatic N) is 2. The van der Waals surface area contributed by atoms with E-state index in [1.54, 1.807) is 74.5 Å². The number of nitrogens with one attached hydrogen (secondary N) is 9. The molecule has 11 atom stereocenters. The summed E-state index contributed by atoms with van der Waals surface area (Å²) in [5.41, 5.74) is 23.5. The molecule has 1 aliphatic heterocycles. The fourth-order valence-corrected chi connectivity index (χ4v) is 11.0. The summed E-state index contributed by atoms with van der Waals surface area (Å²) in [6.07, 6.45) is -0.300. The molecule has 34 heteroatoms. The number of carbonyl (C=O) groups excluding carboxylic acids is 13. The average molecular weight is 1400 g/mol. The van der Waals surface area contributed by atoms with Crippen molar-refractivity contribution in [1.29, 1.82) is 0 Å². The van der Waals surface area contributed by atoms with Gasteiger partial charge in [-0.15, -0.1) is 0 Å². The van der Waals surface area contributed by atoms with Crippen LogP contribution < -0.4 is 70.8 Å². The van der Waals surface area contributed by atoms with Gasteiger partial charge in [-0.1, -0.05) is 88.4 Å². The molecule has 0 aliphatic carbocycles. The quantitative estimate of drug-likeness (QED) is 0.0280. The van der Waals surface area contributed by atoms with Gasteiger partial charge in [-0.2, -0.15) is 11.8 Å². The number of hydrogen-bond acceptors (Lipinski definition) is 19. The van der Waals surface area contributed by atoms with Crippen molar-refractivity contribution in [3.8, 4) is 0 Å². The van der Waals surface area contributed by atoms with Gasteiger partial charge in [0.2, 0.25) is 76.8 Å². The van der Waals surface area contributed by atoms with E-state index in [1.807, 2.05) is 20.1 Å². The molecule has 3 rings (SSSR count). The number of carboxylic acid groups (broad SMARTS) is 2. The monoisotopic (exact) mass is 1400 g/mol. The van der Waals surface area contributed by atoms with Crippen LogP contribution in [0.2, 0.25) is 0 Å². The maximum absolute atomic E-state index is 15.0. The number of hydrogen-bond donors (Lipinski definition) is 16. The first kappa shape index (κ1) is 82.9. The van der Waals surface area contributed by atoms with Crippen molar-refractivity contribution < 1.29 is 87.2 Å². The van der Waals surface area contributed by atoms with Gasteiger partial charge in [0.05, 0.1) is 32.0 Å². The Morgan fingerprint density at radius 3 is 1.68 bits per heavy atom. The molecule has 98 heavy (non-hydrogen) atoms. The molecule has 20 N–H and O–H groups in total. The number of likely N-dealkylation sites (N-methyl/N-ethyl adjacent to an activating group) is 1. The van der Waals surface area contributed by atoms with E-state index in [9.17, 15) is 82.1 Å². The number of likely N-dealkylation sites (tertiary alicyclic amines) is 1. The number of rotatable bonds is 44. The van der Waals surface area contributed by atoms with Gasteiger partial charge in [-0.25, -0.2) is 0 Å². The van der Waals surface area contributed by atoms with Crippen LogP contribution in [0.4, 0.5) is 0 Å². The number of aliphatic hydroxyl groups excluding tert-OH is 1. The van der Waals surface area contributed by atoms with Crippen LogP contribution in [-0.4, -0.2) is 226 Å².